The van der Waals surface area contributed by atoms with Gasteiger partial charge >= 0.3 is 29.8 Å². The van der Waals surface area contributed by atoms with E-state index in [9.17, 15) is 33.6 Å². The van der Waals surface area contributed by atoms with Crippen molar-refractivity contribution < 1.29 is 62.0 Å². The van der Waals surface area contributed by atoms with Crippen molar-refractivity contribution in [2.75, 3.05) is 12.4 Å². The van der Waals surface area contributed by atoms with Crippen molar-refractivity contribution >= 4 is 52.6 Å². The fraction of sp³-hybridized carbons (Fsp3) is 0.667. The molecular formula is C21H29NO13S. The molecule has 1 saturated heterocycles. The molecule has 202 valence electrons. The molecule has 0 radical (unpaired) electrons. The Morgan fingerprint density at radius 3 is 1.72 bits per heavy atom. The summed E-state index contributed by atoms with van der Waals surface area (Å²) in [4.78, 5) is 82.3. The van der Waals surface area contributed by atoms with E-state index in [1.54, 1.807) is 0 Å². The van der Waals surface area contributed by atoms with E-state index in [0.717, 1.165) is 39.5 Å². The lowest BCUT2D eigenvalue weighted by Gasteiger charge is -2.43. The number of thioether (sulfide) groups is 1. The van der Waals surface area contributed by atoms with Gasteiger partial charge in [0.15, 0.2) is 17.3 Å². The molecule has 1 aliphatic heterocycles. The molecule has 1 aliphatic rings. The first-order valence-corrected chi connectivity index (χ1v) is 11.6. The number of rotatable bonds is 10. The second-order valence-corrected chi connectivity index (χ2v) is 8.76. The highest BCUT2D eigenvalue weighted by atomic mass is 32.2. The minimum atomic E-state index is -1.62. The number of amides is 1. The van der Waals surface area contributed by atoms with E-state index in [-0.39, 0.29) is 10.9 Å². The lowest BCUT2D eigenvalue weighted by molar-refractivity contribution is -0.300. The van der Waals surface area contributed by atoms with E-state index < -0.39 is 79.1 Å². The Morgan fingerprint density at radius 1 is 0.750 bits per heavy atom. The van der Waals surface area contributed by atoms with E-state index in [0.29, 0.717) is 0 Å². The summed E-state index contributed by atoms with van der Waals surface area (Å²) < 4.78 is 31.5. The summed E-state index contributed by atoms with van der Waals surface area (Å²) in [5, 5.41) is 2.06. The number of hydrogen-bond donors (Lipinski definition) is 1. The first-order valence-electron chi connectivity index (χ1n) is 10.6. The molecule has 6 unspecified atom stereocenters. The minimum absolute atomic E-state index is 0.118. The fourth-order valence-electron chi connectivity index (χ4n) is 3.13. The van der Waals surface area contributed by atoms with Crippen LogP contribution in [0.25, 0.3) is 0 Å². The lowest BCUT2D eigenvalue weighted by atomic mass is 9.98. The van der Waals surface area contributed by atoms with Gasteiger partial charge in [-0.15, -0.1) is 0 Å². The topological polar surface area (TPSA) is 187 Å². The Bertz CT molecular complexity index is 876. The molecular weight excluding hydrogens is 506 g/mol. The van der Waals surface area contributed by atoms with Crippen LogP contribution >= 0.6 is 11.8 Å². The zero-order chi connectivity index (χ0) is 27.6. The summed E-state index contributed by atoms with van der Waals surface area (Å²) in [6, 6.07) is -1.20. The summed E-state index contributed by atoms with van der Waals surface area (Å²) >= 11 is 0.782. The number of nitrogens with one attached hydrogen (secondary N) is 1. The van der Waals surface area contributed by atoms with E-state index >= 15 is 0 Å². The summed E-state index contributed by atoms with van der Waals surface area (Å²) in [6.07, 6.45) is -7.47. The van der Waals surface area contributed by atoms with Gasteiger partial charge < -0.3 is 33.7 Å². The van der Waals surface area contributed by atoms with Crippen molar-refractivity contribution in [1.29, 1.82) is 0 Å². The normalized spacial score (nSPS) is 23.9. The molecule has 0 saturated carbocycles. The minimum Gasteiger partial charge on any atom is -0.461 e. The monoisotopic (exact) mass is 535 g/mol. The molecule has 0 aromatic rings. The van der Waals surface area contributed by atoms with Crippen LogP contribution in [0.1, 0.15) is 41.5 Å². The third-order valence-corrected chi connectivity index (χ3v) is 5.19. The lowest BCUT2D eigenvalue weighted by Crippen LogP contribution is -2.63. The largest absolute Gasteiger partial charge is 0.461 e. The Kier molecular flexibility index (Phi) is 12.3. The Hall–Kier alpha value is -3.20. The summed E-state index contributed by atoms with van der Waals surface area (Å²) in [7, 11) is 0. The average molecular weight is 536 g/mol. The van der Waals surface area contributed by atoms with Gasteiger partial charge in [-0.3, -0.25) is 28.8 Å². The molecule has 0 spiro atoms. The van der Waals surface area contributed by atoms with Crippen LogP contribution < -0.4 is 5.32 Å². The average Bonchev–Trinajstić information content (AvgIpc) is 2.72. The Labute approximate surface area is 211 Å². The van der Waals surface area contributed by atoms with Gasteiger partial charge in [-0.1, -0.05) is 11.8 Å². The second kappa shape index (κ2) is 14.4. The van der Waals surface area contributed by atoms with E-state index in [1.165, 1.54) is 13.8 Å². The van der Waals surface area contributed by atoms with Crippen LogP contribution in [0.3, 0.4) is 0 Å². The molecule has 1 amide bonds. The van der Waals surface area contributed by atoms with Crippen molar-refractivity contribution in [1.82, 2.24) is 5.32 Å². The quantitative estimate of drug-likeness (QED) is 0.276. The number of carbonyl (C=O) groups excluding carboxylic acids is 7. The fourth-order valence-corrected chi connectivity index (χ4v) is 3.75. The smallest absolute Gasteiger partial charge is 0.329 e. The van der Waals surface area contributed by atoms with Crippen molar-refractivity contribution in [3.05, 3.63) is 0 Å². The first-order chi connectivity index (χ1) is 16.7. The maximum absolute atomic E-state index is 12.6. The maximum atomic E-state index is 12.6. The van der Waals surface area contributed by atoms with Gasteiger partial charge in [-0.25, -0.2) is 4.79 Å². The Morgan fingerprint density at radius 2 is 1.25 bits per heavy atom. The highest BCUT2D eigenvalue weighted by Gasteiger charge is 2.53. The number of carbonyl (C=O) groups is 7. The molecule has 36 heavy (non-hydrogen) atoms. The number of ether oxygens (including phenoxy) is 6. The highest BCUT2D eigenvalue weighted by Crippen LogP contribution is 2.30. The number of esters is 5. The summed E-state index contributed by atoms with van der Waals surface area (Å²) in [5.41, 5.74) is 0. The van der Waals surface area contributed by atoms with Gasteiger partial charge in [0.25, 0.3) is 0 Å². The molecule has 15 heteroatoms. The van der Waals surface area contributed by atoms with E-state index in [1.807, 2.05) is 0 Å². The predicted molar refractivity (Wildman–Crippen MR) is 119 cm³/mol. The van der Waals surface area contributed by atoms with Gasteiger partial charge in [0.05, 0.1) is 0 Å². The van der Waals surface area contributed by atoms with Crippen molar-refractivity contribution in [3.8, 4) is 0 Å². The van der Waals surface area contributed by atoms with Crippen molar-refractivity contribution in [2.45, 2.75) is 78.3 Å². The molecule has 0 aliphatic carbocycles. The van der Waals surface area contributed by atoms with Crippen molar-refractivity contribution in [2.24, 2.45) is 0 Å². The molecule has 1 N–H and O–H groups in total. The van der Waals surface area contributed by atoms with Gasteiger partial charge in [-0.2, -0.15) is 0 Å². The maximum Gasteiger partial charge on any atom is 0.329 e. The van der Waals surface area contributed by atoms with Gasteiger partial charge in [0, 0.05) is 47.3 Å². The summed E-state index contributed by atoms with van der Waals surface area (Å²) in [5.74, 6) is -4.98. The van der Waals surface area contributed by atoms with Gasteiger partial charge in [0.2, 0.25) is 18.3 Å². The van der Waals surface area contributed by atoms with Gasteiger partial charge in [-0.05, 0) is 0 Å². The molecule has 14 nitrogen and oxygen atoms in total. The molecule has 1 rings (SSSR count). The predicted octanol–water partition coefficient (Wildman–Crippen LogP) is -0.603. The van der Waals surface area contributed by atoms with Crippen LogP contribution in [0, 0.1) is 0 Å². The van der Waals surface area contributed by atoms with Crippen LogP contribution in [0.4, 0.5) is 0 Å². The van der Waals surface area contributed by atoms with E-state index in [2.05, 4.69) is 5.32 Å². The first kappa shape index (κ1) is 30.8. The molecule has 1 heterocycles. The van der Waals surface area contributed by atoms with Crippen LogP contribution in [-0.4, -0.2) is 90.0 Å². The molecule has 0 aromatic carbocycles. The molecule has 0 aromatic heterocycles. The van der Waals surface area contributed by atoms with Crippen LogP contribution in [-0.2, 0) is 62.0 Å². The molecule has 1 fully saturated rings. The highest BCUT2D eigenvalue weighted by molar-refractivity contribution is 8.13. The zero-order valence-electron chi connectivity index (χ0n) is 20.6. The zero-order valence-corrected chi connectivity index (χ0v) is 21.4. The third-order valence-electron chi connectivity index (χ3n) is 4.28. The Balaban J connectivity index is 3.25. The molecule has 0 bridgehead atoms. The van der Waals surface area contributed by atoms with Crippen molar-refractivity contribution in [3.63, 3.8) is 0 Å². The number of hydrogen-bond acceptors (Lipinski definition) is 14. The summed E-state index contributed by atoms with van der Waals surface area (Å²) in [6.45, 7) is 6.02. The van der Waals surface area contributed by atoms with E-state index in [4.69, 9.17) is 28.4 Å². The SMILES string of the molecule is CC(=O)NC(CSC(C)=O)C(=O)OCC1OC(OC(C)=O)C(OC(C)=O)C(OC(C)=O)C1OC(C)=O. The van der Waals surface area contributed by atoms with Crippen LogP contribution in [0.2, 0.25) is 0 Å². The second-order valence-electron chi connectivity index (χ2n) is 7.56. The van der Waals surface area contributed by atoms with Crippen LogP contribution in [0.5, 0.6) is 0 Å². The standard InChI is InChI=1S/C21H29NO13S/c1-9(23)22-15(8-36-14(6)28)20(29)30-7-16-17(31-10(2)24)18(32-11(3)25)19(33-12(4)26)21(35-16)34-13(5)27/h15-19,21H,7-8H2,1-6H3,(H,22,23). The van der Waals surface area contributed by atoms with Gasteiger partial charge in [0.1, 0.15) is 18.8 Å². The third kappa shape index (κ3) is 10.6. The van der Waals surface area contributed by atoms with Crippen LogP contribution in [0.15, 0.2) is 0 Å². The molecule has 6 atom stereocenters.